The van der Waals surface area contributed by atoms with Crippen molar-refractivity contribution in [2.24, 2.45) is 0 Å². The Hall–Kier alpha value is -1.79. The Morgan fingerprint density at radius 3 is 2.69 bits per heavy atom. The van der Waals surface area contributed by atoms with Crippen molar-refractivity contribution >= 4 is 5.97 Å². The SMILES string of the molecule is CC(Oc1ccnc(C(=O)O)c1)C(F)(F)F. The number of hydrogen-bond donors (Lipinski definition) is 1. The molecule has 0 spiro atoms. The van der Waals surface area contributed by atoms with Gasteiger partial charge in [-0.1, -0.05) is 0 Å². The van der Waals surface area contributed by atoms with E-state index in [9.17, 15) is 18.0 Å². The normalized spacial score (nSPS) is 13.2. The Morgan fingerprint density at radius 2 is 2.19 bits per heavy atom. The molecule has 0 bridgehead atoms. The number of nitrogens with zero attached hydrogens (tertiary/aromatic N) is 1. The Bertz CT molecular complexity index is 392. The first-order valence-corrected chi connectivity index (χ1v) is 4.23. The van der Waals surface area contributed by atoms with E-state index in [0.717, 1.165) is 25.3 Å². The molecule has 0 amide bonds. The molecule has 0 radical (unpaired) electrons. The standard InChI is InChI=1S/C9H8F3NO3/c1-5(9(10,11)12)16-6-2-3-13-7(4-6)8(14)15/h2-5H,1H3,(H,14,15). The molecule has 88 valence electrons. The lowest BCUT2D eigenvalue weighted by Gasteiger charge is -2.17. The van der Waals surface area contributed by atoms with Crippen molar-refractivity contribution in [3.63, 3.8) is 0 Å². The van der Waals surface area contributed by atoms with Crippen LogP contribution in [0.25, 0.3) is 0 Å². The van der Waals surface area contributed by atoms with Gasteiger partial charge in [-0.25, -0.2) is 9.78 Å². The number of carbonyl (C=O) groups is 1. The van der Waals surface area contributed by atoms with Gasteiger partial charge in [0, 0.05) is 12.3 Å². The number of ether oxygens (including phenoxy) is 1. The quantitative estimate of drug-likeness (QED) is 0.871. The maximum absolute atomic E-state index is 12.1. The zero-order valence-corrected chi connectivity index (χ0v) is 8.15. The number of alkyl halides is 3. The van der Waals surface area contributed by atoms with Crippen molar-refractivity contribution in [2.75, 3.05) is 0 Å². The fourth-order valence-electron chi connectivity index (χ4n) is 0.872. The number of aromatic nitrogens is 1. The minimum atomic E-state index is -4.49. The number of halogens is 3. The summed E-state index contributed by atoms with van der Waals surface area (Å²) in [5.41, 5.74) is -0.369. The van der Waals surface area contributed by atoms with Gasteiger partial charge in [-0.2, -0.15) is 13.2 Å². The van der Waals surface area contributed by atoms with Gasteiger partial charge in [-0.05, 0) is 13.0 Å². The molecule has 1 N–H and O–H groups in total. The first-order valence-electron chi connectivity index (χ1n) is 4.23. The van der Waals surface area contributed by atoms with Gasteiger partial charge in [0.15, 0.2) is 11.8 Å². The van der Waals surface area contributed by atoms with Crippen LogP contribution in [-0.4, -0.2) is 28.3 Å². The zero-order valence-electron chi connectivity index (χ0n) is 8.15. The minimum absolute atomic E-state index is 0.183. The highest BCUT2D eigenvalue weighted by Crippen LogP contribution is 2.24. The molecule has 16 heavy (non-hydrogen) atoms. The average Bonchev–Trinajstić information content (AvgIpc) is 2.16. The van der Waals surface area contributed by atoms with Gasteiger partial charge in [-0.15, -0.1) is 0 Å². The molecule has 0 aliphatic heterocycles. The molecule has 1 atom stereocenters. The lowest BCUT2D eigenvalue weighted by molar-refractivity contribution is -0.189. The van der Waals surface area contributed by atoms with Gasteiger partial charge in [-0.3, -0.25) is 0 Å². The van der Waals surface area contributed by atoms with Crippen LogP contribution in [0.15, 0.2) is 18.3 Å². The van der Waals surface area contributed by atoms with Crippen molar-refractivity contribution in [1.82, 2.24) is 4.98 Å². The van der Waals surface area contributed by atoms with Gasteiger partial charge >= 0.3 is 12.1 Å². The monoisotopic (exact) mass is 235 g/mol. The van der Waals surface area contributed by atoms with E-state index >= 15 is 0 Å². The number of aromatic carboxylic acids is 1. The smallest absolute Gasteiger partial charge is 0.425 e. The van der Waals surface area contributed by atoms with Crippen molar-refractivity contribution in [1.29, 1.82) is 0 Å². The second-order valence-electron chi connectivity index (χ2n) is 2.98. The maximum Gasteiger partial charge on any atom is 0.425 e. The summed E-state index contributed by atoms with van der Waals surface area (Å²) in [5.74, 6) is -1.51. The molecule has 7 heteroatoms. The van der Waals surface area contributed by atoms with Crippen molar-refractivity contribution in [2.45, 2.75) is 19.2 Å². The molecule has 0 aliphatic carbocycles. The Labute approximate surface area is 88.7 Å². The predicted molar refractivity (Wildman–Crippen MR) is 47.3 cm³/mol. The van der Waals surface area contributed by atoms with Crippen molar-refractivity contribution in [3.05, 3.63) is 24.0 Å². The summed E-state index contributed by atoms with van der Waals surface area (Å²) in [6, 6.07) is 2.10. The van der Waals surface area contributed by atoms with E-state index in [0.29, 0.717) is 0 Å². The van der Waals surface area contributed by atoms with Crippen molar-refractivity contribution in [3.8, 4) is 5.75 Å². The molecular formula is C9H8F3NO3. The van der Waals surface area contributed by atoms with Gasteiger partial charge < -0.3 is 9.84 Å². The molecule has 0 saturated carbocycles. The van der Waals surface area contributed by atoms with Crippen LogP contribution >= 0.6 is 0 Å². The predicted octanol–water partition coefficient (Wildman–Crippen LogP) is 2.11. The van der Waals surface area contributed by atoms with Crippen LogP contribution in [0.5, 0.6) is 5.75 Å². The molecule has 0 saturated heterocycles. The van der Waals surface area contributed by atoms with Gasteiger partial charge in [0.25, 0.3) is 0 Å². The molecule has 1 aromatic heterocycles. The van der Waals surface area contributed by atoms with E-state index in [1.807, 2.05) is 0 Å². The highest BCUT2D eigenvalue weighted by Gasteiger charge is 2.38. The molecule has 0 aromatic carbocycles. The van der Waals surface area contributed by atoms with Gasteiger partial charge in [0.2, 0.25) is 0 Å². The summed E-state index contributed by atoms with van der Waals surface area (Å²) in [6.07, 6.45) is -5.43. The van der Waals surface area contributed by atoms with Crippen LogP contribution in [0.4, 0.5) is 13.2 Å². The summed E-state index contributed by atoms with van der Waals surface area (Å²) >= 11 is 0. The fourth-order valence-corrected chi connectivity index (χ4v) is 0.872. The Balaban J connectivity index is 2.82. The molecule has 1 aromatic rings. The van der Waals surface area contributed by atoms with E-state index < -0.39 is 18.2 Å². The third-order valence-corrected chi connectivity index (χ3v) is 1.72. The van der Waals surface area contributed by atoms with Crippen LogP contribution in [-0.2, 0) is 0 Å². The van der Waals surface area contributed by atoms with E-state index in [1.165, 1.54) is 0 Å². The summed E-state index contributed by atoms with van der Waals surface area (Å²) < 4.78 is 41.0. The maximum atomic E-state index is 12.1. The third-order valence-electron chi connectivity index (χ3n) is 1.72. The third kappa shape index (κ3) is 3.11. The number of carboxylic acid groups (broad SMARTS) is 1. The first kappa shape index (κ1) is 12.3. The summed E-state index contributed by atoms with van der Waals surface area (Å²) in [6.45, 7) is 0.834. The molecule has 1 unspecified atom stereocenters. The van der Waals surface area contributed by atoms with Crippen LogP contribution in [0.3, 0.4) is 0 Å². The van der Waals surface area contributed by atoms with Crippen LogP contribution in [0.2, 0.25) is 0 Å². The highest BCUT2D eigenvalue weighted by atomic mass is 19.4. The minimum Gasteiger partial charge on any atom is -0.481 e. The Kier molecular flexibility index (Phi) is 3.36. The molecule has 1 heterocycles. The topological polar surface area (TPSA) is 59.4 Å². The molecular weight excluding hydrogens is 227 g/mol. The average molecular weight is 235 g/mol. The second kappa shape index (κ2) is 4.38. The summed E-state index contributed by atoms with van der Waals surface area (Å²) in [5, 5.41) is 8.56. The molecule has 0 aliphatic rings. The largest absolute Gasteiger partial charge is 0.481 e. The fraction of sp³-hybridized carbons (Fsp3) is 0.333. The molecule has 0 fully saturated rings. The first-order chi connectivity index (χ1) is 7.30. The van der Waals surface area contributed by atoms with E-state index in [1.54, 1.807) is 0 Å². The number of carboxylic acids is 1. The summed E-state index contributed by atoms with van der Waals surface area (Å²) in [7, 11) is 0. The van der Waals surface area contributed by atoms with Gasteiger partial charge in [0.1, 0.15) is 5.75 Å². The lowest BCUT2D eigenvalue weighted by atomic mass is 10.3. The Morgan fingerprint density at radius 1 is 1.56 bits per heavy atom. The zero-order chi connectivity index (χ0) is 12.3. The van der Waals surface area contributed by atoms with Gasteiger partial charge in [0.05, 0.1) is 0 Å². The second-order valence-corrected chi connectivity index (χ2v) is 2.98. The van der Waals surface area contributed by atoms with E-state index in [4.69, 9.17) is 5.11 Å². The van der Waals surface area contributed by atoms with Crippen LogP contribution in [0.1, 0.15) is 17.4 Å². The molecule has 1 rings (SSSR count). The lowest BCUT2D eigenvalue weighted by Crippen LogP contribution is -2.31. The number of pyridine rings is 1. The summed E-state index contributed by atoms with van der Waals surface area (Å²) in [4.78, 5) is 13.9. The van der Waals surface area contributed by atoms with E-state index in [-0.39, 0.29) is 11.4 Å². The number of hydrogen-bond acceptors (Lipinski definition) is 3. The van der Waals surface area contributed by atoms with E-state index in [2.05, 4.69) is 9.72 Å². The highest BCUT2D eigenvalue weighted by molar-refractivity contribution is 5.85. The number of rotatable bonds is 3. The van der Waals surface area contributed by atoms with Crippen LogP contribution in [0, 0.1) is 0 Å². The molecule has 4 nitrogen and oxygen atoms in total. The van der Waals surface area contributed by atoms with Crippen LogP contribution < -0.4 is 4.74 Å². The van der Waals surface area contributed by atoms with Crippen molar-refractivity contribution < 1.29 is 27.8 Å².